The Balaban J connectivity index is 1.43. The van der Waals surface area contributed by atoms with Crippen molar-refractivity contribution >= 4 is 11.1 Å². The molecule has 1 saturated carbocycles. The minimum atomic E-state index is 0.411. The van der Waals surface area contributed by atoms with Gasteiger partial charge in [0.2, 0.25) is 0 Å². The fourth-order valence-electron chi connectivity index (χ4n) is 7.73. The third-order valence-electron chi connectivity index (χ3n) is 9.81. The molecule has 3 unspecified atom stereocenters. The number of nitrogens with one attached hydrogen (secondary N) is 1. The molecule has 0 spiro atoms. The number of rotatable bonds is 2. The highest BCUT2D eigenvalue weighted by molar-refractivity contribution is 5.89. The fraction of sp³-hybridized carbons (Fsp3) is 0.263. The zero-order chi connectivity index (χ0) is 25.8. The van der Waals surface area contributed by atoms with Crippen molar-refractivity contribution in [2.75, 3.05) is 6.54 Å². The summed E-state index contributed by atoms with van der Waals surface area (Å²) in [5.74, 6) is 1.06. The Labute approximate surface area is 232 Å². The van der Waals surface area contributed by atoms with Crippen LogP contribution in [0.5, 0.6) is 0 Å². The van der Waals surface area contributed by atoms with Gasteiger partial charge in [-0.15, -0.1) is 0 Å². The molecule has 0 radical (unpaired) electrons. The summed E-state index contributed by atoms with van der Waals surface area (Å²) in [5.41, 5.74) is 16.2. The Kier molecular flexibility index (Phi) is 5.66. The summed E-state index contributed by atoms with van der Waals surface area (Å²) in [5, 5.41) is 3.95. The number of hydrogen-bond donors (Lipinski definition) is 1. The van der Waals surface area contributed by atoms with Gasteiger partial charge in [0, 0.05) is 12.0 Å². The van der Waals surface area contributed by atoms with Crippen molar-refractivity contribution < 1.29 is 0 Å². The Bertz CT molecular complexity index is 1600. The molecule has 3 aromatic carbocycles. The summed E-state index contributed by atoms with van der Waals surface area (Å²) >= 11 is 0. The van der Waals surface area contributed by atoms with Crippen LogP contribution in [0.25, 0.3) is 11.1 Å². The molecule has 0 saturated heterocycles. The summed E-state index contributed by atoms with van der Waals surface area (Å²) in [4.78, 5) is 0. The van der Waals surface area contributed by atoms with Gasteiger partial charge in [0.25, 0.3) is 0 Å². The largest absolute Gasteiger partial charge is 0.310 e. The first-order valence-electron chi connectivity index (χ1n) is 14.9. The van der Waals surface area contributed by atoms with Crippen LogP contribution < -0.4 is 5.32 Å². The predicted molar refractivity (Wildman–Crippen MR) is 163 cm³/mol. The van der Waals surface area contributed by atoms with Crippen LogP contribution in [0.15, 0.2) is 120 Å². The molecule has 192 valence electrons. The number of fused-ring (bicyclic) bond motifs is 7. The van der Waals surface area contributed by atoms with Crippen LogP contribution >= 0.6 is 0 Å². The molecule has 0 amide bonds. The van der Waals surface area contributed by atoms with Crippen LogP contribution in [0, 0.1) is 0 Å². The van der Waals surface area contributed by atoms with E-state index >= 15 is 0 Å². The third-order valence-corrected chi connectivity index (χ3v) is 9.81. The molecule has 5 aliphatic rings. The molecule has 1 N–H and O–H groups in total. The van der Waals surface area contributed by atoms with E-state index in [2.05, 4.69) is 108 Å². The number of allylic oxidation sites excluding steroid dienone is 5. The molecule has 3 atom stereocenters. The average Bonchev–Trinajstić information content (AvgIpc) is 3.13. The van der Waals surface area contributed by atoms with E-state index in [1.165, 1.54) is 77.5 Å². The van der Waals surface area contributed by atoms with E-state index in [4.69, 9.17) is 0 Å². The van der Waals surface area contributed by atoms with Gasteiger partial charge >= 0.3 is 0 Å². The monoisotopic (exact) mass is 505 g/mol. The van der Waals surface area contributed by atoms with Crippen molar-refractivity contribution in [3.63, 3.8) is 0 Å². The van der Waals surface area contributed by atoms with E-state index in [9.17, 15) is 0 Å². The first-order valence-corrected chi connectivity index (χ1v) is 14.9. The molecule has 1 aliphatic heterocycles. The minimum Gasteiger partial charge on any atom is -0.310 e. The Hall–Kier alpha value is -3.68. The topological polar surface area (TPSA) is 12.0 Å². The number of hydrogen-bond acceptors (Lipinski definition) is 1. The Morgan fingerprint density at radius 1 is 0.615 bits per heavy atom. The van der Waals surface area contributed by atoms with E-state index in [-0.39, 0.29) is 0 Å². The molecular formula is C38H35N. The molecule has 39 heavy (non-hydrogen) atoms. The molecule has 0 aromatic heterocycles. The van der Waals surface area contributed by atoms with E-state index in [0.717, 1.165) is 6.54 Å². The summed E-state index contributed by atoms with van der Waals surface area (Å²) < 4.78 is 0. The predicted octanol–water partition coefficient (Wildman–Crippen LogP) is 8.86. The lowest BCUT2D eigenvalue weighted by molar-refractivity contribution is 0.476. The summed E-state index contributed by atoms with van der Waals surface area (Å²) in [6, 6.07) is 27.5. The lowest BCUT2D eigenvalue weighted by Crippen LogP contribution is -2.32. The Morgan fingerprint density at radius 2 is 1.31 bits per heavy atom. The standard InChI is InChI=1S/C38H35N/c1-3-7-26(8-4-1)31-17-15-29-23-25-11-12-30(24-36(29)39-22-21-25)37-34(31)19-20-35-32(27-9-5-2-6-10-27)16-13-28-14-18-33(28)38(35)37/h1-10,13,15-17,19-20,23,30,33,36,39H,11-12,14,18,21-22,24H2/b29-15?,31-17-. The van der Waals surface area contributed by atoms with Crippen LogP contribution in [0.4, 0.5) is 0 Å². The fourth-order valence-corrected chi connectivity index (χ4v) is 7.73. The zero-order valence-electron chi connectivity index (χ0n) is 22.5. The number of benzene rings is 3. The smallest absolute Gasteiger partial charge is 0.0326 e. The lowest BCUT2D eigenvalue weighted by Gasteiger charge is -2.37. The normalized spacial score (nSPS) is 26.5. The molecule has 1 nitrogen and oxygen atoms in total. The molecule has 8 rings (SSSR count). The summed E-state index contributed by atoms with van der Waals surface area (Å²) in [7, 11) is 0. The molecule has 1 heteroatoms. The van der Waals surface area contributed by atoms with Gasteiger partial charge in [-0.25, -0.2) is 0 Å². The maximum absolute atomic E-state index is 3.95. The highest BCUT2D eigenvalue weighted by Crippen LogP contribution is 2.53. The summed E-state index contributed by atoms with van der Waals surface area (Å²) in [6.07, 6.45) is 19.5. The molecule has 1 heterocycles. The van der Waals surface area contributed by atoms with Crippen molar-refractivity contribution in [2.45, 2.75) is 56.4 Å². The van der Waals surface area contributed by atoms with Crippen LogP contribution in [0.3, 0.4) is 0 Å². The van der Waals surface area contributed by atoms with Crippen molar-refractivity contribution in [1.29, 1.82) is 0 Å². The van der Waals surface area contributed by atoms with Gasteiger partial charge in [-0.3, -0.25) is 0 Å². The average molecular weight is 506 g/mol. The first kappa shape index (κ1) is 23.2. The first-order chi connectivity index (χ1) is 19.3. The highest BCUT2D eigenvalue weighted by atomic mass is 14.9. The maximum atomic E-state index is 3.95. The molecule has 3 aromatic rings. The molecule has 1 fully saturated rings. The van der Waals surface area contributed by atoms with E-state index in [1.807, 2.05) is 0 Å². The van der Waals surface area contributed by atoms with Crippen molar-refractivity contribution in [3.05, 3.63) is 153 Å². The summed E-state index contributed by atoms with van der Waals surface area (Å²) in [6.45, 7) is 1.09. The molecule has 4 aliphatic carbocycles. The quantitative estimate of drug-likeness (QED) is 0.367. The SMILES string of the molecule is C1=C2CCNC3CC(CC2)c2c(ccc4c2C2CCC2=CC=C4c2ccccc2)/C(c2ccccc2)=C\C=C13. The second-order valence-corrected chi connectivity index (χ2v) is 11.9. The van der Waals surface area contributed by atoms with E-state index < -0.39 is 0 Å². The maximum Gasteiger partial charge on any atom is 0.0326 e. The van der Waals surface area contributed by atoms with Crippen LogP contribution in [-0.2, 0) is 0 Å². The third kappa shape index (κ3) is 3.95. The van der Waals surface area contributed by atoms with Gasteiger partial charge in [-0.1, -0.05) is 114 Å². The van der Waals surface area contributed by atoms with Crippen molar-refractivity contribution in [1.82, 2.24) is 5.32 Å². The second kappa shape index (κ2) is 9.50. The van der Waals surface area contributed by atoms with Gasteiger partial charge in [-0.2, -0.15) is 0 Å². The van der Waals surface area contributed by atoms with Gasteiger partial charge < -0.3 is 5.32 Å². The van der Waals surface area contributed by atoms with Gasteiger partial charge in [0.05, 0.1) is 0 Å². The molecule has 4 bridgehead atoms. The van der Waals surface area contributed by atoms with Gasteiger partial charge in [-0.05, 0) is 101 Å². The van der Waals surface area contributed by atoms with E-state index in [1.54, 1.807) is 22.3 Å². The van der Waals surface area contributed by atoms with Gasteiger partial charge in [0.15, 0.2) is 0 Å². The lowest BCUT2D eigenvalue weighted by atomic mass is 9.67. The van der Waals surface area contributed by atoms with Gasteiger partial charge in [0.1, 0.15) is 0 Å². The zero-order valence-corrected chi connectivity index (χ0v) is 22.5. The van der Waals surface area contributed by atoms with Crippen molar-refractivity contribution in [3.8, 4) is 0 Å². The molecular weight excluding hydrogens is 470 g/mol. The van der Waals surface area contributed by atoms with Crippen LogP contribution in [0.1, 0.15) is 83.7 Å². The van der Waals surface area contributed by atoms with E-state index in [0.29, 0.717) is 17.9 Å². The highest BCUT2D eigenvalue weighted by Gasteiger charge is 2.37. The van der Waals surface area contributed by atoms with Crippen LogP contribution in [-0.4, -0.2) is 12.6 Å². The minimum absolute atomic E-state index is 0.411. The Morgan fingerprint density at radius 3 is 2.00 bits per heavy atom. The second-order valence-electron chi connectivity index (χ2n) is 11.9. The van der Waals surface area contributed by atoms with Crippen molar-refractivity contribution in [2.24, 2.45) is 0 Å². The van der Waals surface area contributed by atoms with Crippen LogP contribution in [0.2, 0.25) is 0 Å².